The molecule has 0 saturated heterocycles. The highest BCUT2D eigenvalue weighted by Gasteiger charge is 2.44. The summed E-state index contributed by atoms with van der Waals surface area (Å²) in [6.45, 7) is 14.7. The van der Waals surface area contributed by atoms with Gasteiger partial charge in [0.1, 0.15) is 0 Å². The van der Waals surface area contributed by atoms with Crippen molar-refractivity contribution in [1.82, 2.24) is 4.57 Å². The Morgan fingerprint density at radius 1 is 0.812 bits per heavy atom. The molecule has 6 rings (SSSR count). The Labute approximate surface area is 193 Å². The SMILES string of the molecule is CC1(C)CCC(C)(C)c2c1ccc1c2C(C)(C)c2cccc3c2[n+]-1[c-]n3C1CCCCC1. The standard InChI is InChI=1S/C30H38N2/c1-28(2)17-18-29(3,4)25-21(28)15-16-23-26(25)30(5,6)22-13-10-14-24-27(22)32(23)19-31(24)20-11-8-7-9-12-20/h10,13-16,20H,7-9,11-12,17-18H2,1-6H3. The van der Waals surface area contributed by atoms with Crippen LogP contribution >= 0.6 is 0 Å². The van der Waals surface area contributed by atoms with E-state index < -0.39 is 0 Å². The Balaban J connectivity index is 1.70. The number of benzene rings is 2. The predicted molar refractivity (Wildman–Crippen MR) is 132 cm³/mol. The summed E-state index contributed by atoms with van der Waals surface area (Å²) in [4.78, 5) is 0. The quantitative estimate of drug-likeness (QED) is 0.287. The minimum absolute atomic E-state index is 0.0303. The fourth-order valence-electron chi connectivity index (χ4n) is 7.17. The van der Waals surface area contributed by atoms with Gasteiger partial charge in [0.05, 0.1) is 22.8 Å². The average molecular weight is 427 g/mol. The highest BCUT2D eigenvalue weighted by Crippen LogP contribution is 2.53. The molecular formula is C30H38N2. The second-order valence-corrected chi connectivity index (χ2v) is 12.5. The first-order valence-electron chi connectivity index (χ1n) is 12.8. The van der Waals surface area contributed by atoms with Crippen LogP contribution in [0.1, 0.15) is 115 Å². The maximum atomic E-state index is 3.88. The summed E-state index contributed by atoms with van der Waals surface area (Å²) >= 11 is 0. The topological polar surface area (TPSA) is 8.81 Å². The second kappa shape index (κ2) is 6.49. The van der Waals surface area contributed by atoms with Crippen LogP contribution < -0.4 is 4.57 Å². The van der Waals surface area contributed by atoms with Crippen molar-refractivity contribution in [3.8, 4) is 5.69 Å². The number of nitrogens with zero attached hydrogens (tertiary/aromatic N) is 2. The van der Waals surface area contributed by atoms with Crippen LogP contribution in [0.2, 0.25) is 0 Å². The fourth-order valence-corrected chi connectivity index (χ4v) is 7.17. The van der Waals surface area contributed by atoms with E-state index in [0.29, 0.717) is 6.04 Å². The predicted octanol–water partition coefficient (Wildman–Crippen LogP) is 7.21. The van der Waals surface area contributed by atoms with E-state index in [-0.39, 0.29) is 16.2 Å². The molecule has 1 aromatic heterocycles. The number of hydrogen-bond acceptors (Lipinski definition) is 0. The van der Waals surface area contributed by atoms with Gasteiger partial charge in [-0.05, 0) is 71.6 Å². The van der Waals surface area contributed by atoms with Crippen LogP contribution in [-0.2, 0) is 16.2 Å². The van der Waals surface area contributed by atoms with Crippen LogP contribution in [0.15, 0.2) is 30.3 Å². The Morgan fingerprint density at radius 3 is 2.28 bits per heavy atom. The van der Waals surface area contributed by atoms with Crippen molar-refractivity contribution >= 4 is 11.0 Å². The molecule has 0 spiro atoms. The summed E-state index contributed by atoms with van der Waals surface area (Å²) in [5, 5.41) is 0. The Hall–Kier alpha value is -2.09. The summed E-state index contributed by atoms with van der Waals surface area (Å²) in [7, 11) is 0. The number of para-hydroxylation sites is 1. The molecule has 0 bridgehead atoms. The van der Waals surface area contributed by atoms with E-state index in [4.69, 9.17) is 0 Å². The zero-order chi connectivity index (χ0) is 22.5. The first-order valence-corrected chi connectivity index (χ1v) is 12.8. The number of hydrogen-bond donors (Lipinski definition) is 0. The number of rotatable bonds is 1. The third-order valence-electron chi connectivity index (χ3n) is 9.15. The van der Waals surface area contributed by atoms with E-state index >= 15 is 0 Å². The molecule has 2 nitrogen and oxygen atoms in total. The van der Waals surface area contributed by atoms with Gasteiger partial charge in [0.25, 0.3) is 0 Å². The van der Waals surface area contributed by atoms with Gasteiger partial charge in [-0.3, -0.25) is 0 Å². The maximum Gasteiger partial charge on any atom is 0.244 e. The highest BCUT2D eigenvalue weighted by molar-refractivity contribution is 5.81. The lowest BCUT2D eigenvalue weighted by Gasteiger charge is -2.48. The molecule has 2 heterocycles. The Kier molecular flexibility index (Phi) is 4.16. The van der Waals surface area contributed by atoms with Crippen LogP contribution in [0.5, 0.6) is 0 Å². The summed E-state index contributed by atoms with van der Waals surface area (Å²) < 4.78 is 4.93. The molecule has 168 valence electrons. The molecule has 2 heteroatoms. The first kappa shape index (κ1) is 20.5. The Morgan fingerprint density at radius 2 is 1.53 bits per heavy atom. The van der Waals surface area contributed by atoms with Gasteiger partial charge in [0, 0.05) is 5.41 Å². The molecule has 3 aliphatic rings. The summed E-state index contributed by atoms with van der Waals surface area (Å²) in [6.07, 6.45) is 13.0. The number of imidazole rings is 1. The van der Waals surface area contributed by atoms with Crippen molar-refractivity contribution in [2.75, 3.05) is 0 Å². The average Bonchev–Trinajstić information content (AvgIpc) is 3.16. The van der Waals surface area contributed by atoms with Crippen molar-refractivity contribution in [2.45, 2.75) is 109 Å². The van der Waals surface area contributed by atoms with Crippen molar-refractivity contribution in [1.29, 1.82) is 0 Å². The molecule has 1 aliphatic heterocycles. The molecule has 2 aliphatic carbocycles. The third-order valence-corrected chi connectivity index (χ3v) is 9.15. The van der Waals surface area contributed by atoms with Crippen molar-refractivity contribution in [3.05, 3.63) is 58.9 Å². The van der Waals surface area contributed by atoms with Crippen molar-refractivity contribution in [3.63, 3.8) is 0 Å². The highest BCUT2D eigenvalue weighted by atomic mass is 15.2. The van der Waals surface area contributed by atoms with Crippen LogP contribution in [-0.4, -0.2) is 4.57 Å². The molecule has 32 heavy (non-hydrogen) atoms. The smallest absolute Gasteiger partial charge is 0.244 e. The van der Waals surface area contributed by atoms with Crippen LogP contribution in [0.4, 0.5) is 0 Å². The van der Waals surface area contributed by atoms with Gasteiger partial charge in [0.15, 0.2) is 0 Å². The molecule has 1 saturated carbocycles. The van der Waals surface area contributed by atoms with E-state index in [9.17, 15) is 0 Å². The minimum Gasteiger partial charge on any atom is -0.319 e. The van der Waals surface area contributed by atoms with Gasteiger partial charge in [-0.15, -0.1) is 0 Å². The van der Waals surface area contributed by atoms with Gasteiger partial charge < -0.3 is 9.13 Å². The van der Waals surface area contributed by atoms with E-state index in [1.807, 2.05) is 0 Å². The van der Waals surface area contributed by atoms with Gasteiger partial charge >= 0.3 is 0 Å². The van der Waals surface area contributed by atoms with Crippen molar-refractivity contribution in [2.24, 2.45) is 0 Å². The summed E-state index contributed by atoms with van der Waals surface area (Å²) in [5.74, 6) is 0. The zero-order valence-corrected chi connectivity index (χ0v) is 20.8. The molecule has 3 aromatic rings. The van der Waals surface area contributed by atoms with E-state index in [2.05, 4.69) is 87.3 Å². The second-order valence-electron chi connectivity index (χ2n) is 12.5. The molecule has 1 fully saturated rings. The van der Waals surface area contributed by atoms with Gasteiger partial charge in [-0.25, -0.2) is 0 Å². The van der Waals surface area contributed by atoms with Crippen LogP contribution in [0.3, 0.4) is 0 Å². The molecule has 0 radical (unpaired) electrons. The lowest BCUT2D eigenvalue weighted by Crippen LogP contribution is -2.45. The molecular weight excluding hydrogens is 388 g/mol. The Bertz CT molecular complexity index is 1230. The molecule has 0 atom stereocenters. The fraction of sp³-hybridized carbons (Fsp3) is 0.567. The molecule has 0 unspecified atom stereocenters. The largest absolute Gasteiger partial charge is 0.319 e. The van der Waals surface area contributed by atoms with Crippen LogP contribution in [0.25, 0.3) is 16.7 Å². The van der Waals surface area contributed by atoms with Crippen LogP contribution in [0, 0.1) is 6.33 Å². The summed E-state index contributed by atoms with van der Waals surface area (Å²) in [6, 6.07) is 12.4. The summed E-state index contributed by atoms with van der Waals surface area (Å²) in [5.41, 5.74) is 10.6. The van der Waals surface area contributed by atoms with Gasteiger partial charge in [-0.1, -0.05) is 78.3 Å². The van der Waals surface area contributed by atoms with Gasteiger partial charge in [-0.2, -0.15) is 0 Å². The minimum atomic E-state index is -0.0303. The zero-order valence-electron chi connectivity index (χ0n) is 20.8. The maximum absolute atomic E-state index is 3.88. The normalized spacial score (nSPS) is 23.1. The lowest BCUT2D eigenvalue weighted by atomic mass is 9.58. The van der Waals surface area contributed by atoms with E-state index in [1.165, 1.54) is 72.8 Å². The van der Waals surface area contributed by atoms with Crippen molar-refractivity contribution < 1.29 is 4.57 Å². The van der Waals surface area contributed by atoms with Gasteiger partial charge in [0.2, 0.25) is 6.33 Å². The molecule has 0 amide bonds. The third kappa shape index (κ3) is 2.62. The molecule has 2 aromatic carbocycles. The number of aromatic nitrogens is 2. The number of fused-ring (bicyclic) bond motifs is 4. The molecule has 0 N–H and O–H groups in total. The van der Waals surface area contributed by atoms with E-state index in [1.54, 1.807) is 11.1 Å². The lowest BCUT2D eigenvalue weighted by molar-refractivity contribution is -0.576. The monoisotopic (exact) mass is 426 g/mol. The first-order chi connectivity index (χ1) is 15.1. The van der Waals surface area contributed by atoms with E-state index in [0.717, 1.165) is 0 Å².